The van der Waals surface area contributed by atoms with Gasteiger partial charge in [-0.3, -0.25) is 9.59 Å². The summed E-state index contributed by atoms with van der Waals surface area (Å²) in [6.07, 6.45) is 0.366. The van der Waals surface area contributed by atoms with Gasteiger partial charge in [-0.2, -0.15) is 0 Å². The van der Waals surface area contributed by atoms with Gasteiger partial charge in [0.15, 0.2) is 11.4 Å². The zero-order valence-electron chi connectivity index (χ0n) is 14.4. The van der Waals surface area contributed by atoms with Gasteiger partial charge in [-0.05, 0) is 48.1 Å². The van der Waals surface area contributed by atoms with Crippen molar-refractivity contribution in [1.29, 1.82) is 0 Å². The second-order valence-electron chi connectivity index (χ2n) is 7.25. The first-order chi connectivity index (χ1) is 12.7. The van der Waals surface area contributed by atoms with Crippen LogP contribution in [0.3, 0.4) is 0 Å². The lowest BCUT2D eigenvalue weighted by Crippen LogP contribution is -2.36. The first kappa shape index (κ1) is 18.4. The maximum atomic E-state index is 14.5. The highest BCUT2D eigenvalue weighted by Gasteiger charge is 2.49. The lowest BCUT2D eigenvalue weighted by molar-refractivity contribution is -0.133. The Hall–Kier alpha value is -1.95. The molecule has 1 aliphatic heterocycles. The minimum atomic E-state index is -2.20. The van der Waals surface area contributed by atoms with Gasteiger partial charge in [0.2, 0.25) is 0 Å². The summed E-state index contributed by atoms with van der Waals surface area (Å²) in [5.41, 5.74) is -1.30. The van der Waals surface area contributed by atoms with Crippen LogP contribution in [0.5, 0.6) is 0 Å². The van der Waals surface area contributed by atoms with E-state index >= 15 is 0 Å². The van der Waals surface area contributed by atoms with Crippen molar-refractivity contribution in [3.63, 3.8) is 0 Å². The number of rotatable bonds is 4. The Kier molecular flexibility index (Phi) is 4.29. The van der Waals surface area contributed by atoms with Crippen molar-refractivity contribution < 1.29 is 19.1 Å². The molecule has 0 spiro atoms. The predicted molar refractivity (Wildman–Crippen MR) is 101 cm³/mol. The Morgan fingerprint density at radius 3 is 2.59 bits per heavy atom. The fraction of sp³-hybridized carbons (Fsp3) is 0.300. The molecule has 27 heavy (non-hydrogen) atoms. The van der Waals surface area contributed by atoms with E-state index < -0.39 is 29.5 Å². The average molecular weight is 408 g/mol. The molecule has 2 N–H and O–H groups in total. The molecule has 1 amide bonds. The summed E-state index contributed by atoms with van der Waals surface area (Å²) >= 11 is 12.2. The highest BCUT2D eigenvalue weighted by Crippen LogP contribution is 2.48. The van der Waals surface area contributed by atoms with Crippen LogP contribution in [0.15, 0.2) is 30.3 Å². The van der Waals surface area contributed by atoms with Gasteiger partial charge in [-0.1, -0.05) is 36.2 Å². The fourth-order valence-electron chi connectivity index (χ4n) is 3.68. The lowest BCUT2D eigenvalue weighted by atomic mass is 9.87. The van der Waals surface area contributed by atoms with Gasteiger partial charge in [-0.15, -0.1) is 0 Å². The number of anilines is 1. The van der Waals surface area contributed by atoms with E-state index in [2.05, 4.69) is 12.2 Å². The molecule has 2 aliphatic rings. The average Bonchev–Trinajstić information content (AvgIpc) is 3.27. The van der Waals surface area contributed by atoms with E-state index in [0.717, 1.165) is 12.0 Å². The van der Waals surface area contributed by atoms with E-state index in [9.17, 15) is 19.1 Å². The summed E-state index contributed by atoms with van der Waals surface area (Å²) in [4.78, 5) is 25.1. The Morgan fingerprint density at radius 2 is 1.96 bits per heavy atom. The van der Waals surface area contributed by atoms with Crippen LogP contribution in [0.4, 0.5) is 10.1 Å². The van der Waals surface area contributed by atoms with Crippen LogP contribution in [-0.2, 0) is 10.4 Å². The normalized spacial score (nSPS) is 25.9. The molecule has 140 valence electrons. The molecule has 1 heterocycles. The molecule has 1 fully saturated rings. The Labute approximate surface area is 165 Å². The molecule has 0 aromatic heterocycles. The summed E-state index contributed by atoms with van der Waals surface area (Å²) in [6, 6.07) is 7.41. The largest absolute Gasteiger partial charge is 0.375 e. The smallest absolute Gasteiger partial charge is 0.261 e. The molecule has 0 saturated heterocycles. The van der Waals surface area contributed by atoms with Crippen molar-refractivity contribution in [2.75, 3.05) is 5.32 Å². The third-order valence-electron chi connectivity index (χ3n) is 5.38. The van der Waals surface area contributed by atoms with Gasteiger partial charge in [-0.25, -0.2) is 4.39 Å². The molecule has 3 atom stereocenters. The third-order valence-corrected chi connectivity index (χ3v) is 6.01. The second kappa shape index (κ2) is 6.30. The van der Waals surface area contributed by atoms with Gasteiger partial charge in [0.1, 0.15) is 5.82 Å². The number of ketones is 1. The molecule has 4 rings (SSSR count). The second-order valence-corrected chi connectivity index (χ2v) is 8.07. The van der Waals surface area contributed by atoms with Crippen molar-refractivity contribution >= 4 is 40.6 Å². The zero-order chi connectivity index (χ0) is 19.5. The number of carbonyl (C=O) groups excluding carboxylic acids is 2. The SMILES string of the molecule is CC1CC1c1ccc(C(=O)CC2(O)C(=O)Nc3c(Cl)ccc(Cl)c32)c(F)c1. The number of benzene rings is 2. The minimum Gasteiger partial charge on any atom is -0.375 e. The van der Waals surface area contributed by atoms with E-state index in [0.29, 0.717) is 11.8 Å². The van der Waals surface area contributed by atoms with Gasteiger partial charge < -0.3 is 10.4 Å². The minimum absolute atomic E-state index is 0.0406. The molecular formula is C20H16Cl2FNO3. The summed E-state index contributed by atoms with van der Waals surface area (Å²) in [7, 11) is 0. The molecule has 1 aliphatic carbocycles. The van der Waals surface area contributed by atoms with E-state index in [-0.39, 0.29) is 26.9 Å². The number of halogens is 3. The van der Waals surface area contributed by atoms with Crippen molar-refractivity contribution in [3.8, 4) is 0 Å². The summed E-state index contributed by atoms with van der Waals surface area (Å²) in [6.45, 7) is 2.09. The maximum Gasteiger partial charge on any atom is 0.261 e. The monoisotopic (exact) mass is 407 g/mol. The van der Waals surface area contributed by atoms with Gasteiger partial charge in [0.25, 0.3) is 5.91 Å². The Bertz CT molecular complexity index is 993. The van der Waals surface area contributed by atoms with Crippen LogP contribution in [0.2, 0.25) is 10.0 Å². The maximum absolute atomic E-state index is 14.5. The molecular weight excluding hydrogens is 392 g/mol. The standard InChI is InChI=1S/C20H16Cl2FNO3/c1-9-6-12(9)10-2-3-11(15(23)7-10)16(25)8-20(27)17-13(21)4-5-14(22)18(17)24-19(20)26/h2-5,7,9,12,27H,6,8H2,1H3,(H,24,26). The summed E-state index contributed by atoms with van der Waals surface area (Å²) in [5, 5.41) is 13.7. The molecule has 3 unspecified atom stereocenters. The van der Waals surface area contributed by atoms with E-state index in [4.69, 9.17) is 23.2 Å². The first-order valence-corrected chi connectivity index (χ1v) is 9.33. The molecule has 7 heteroatoms. The number of aliphatic hydroxyl groups is 1. The molecule has 2 aromatic carbocycles. The van der Waals surface area contributed by atoms with E-state index in [1.807, 2.05) is 0 Å². The van der Waals surface area contributed by atoms with Crippen LogP contribution in [0, 0.1) is 11.7 Å². The Balaban J connectivity index is 1.66. The highest BCUT2D eigenvalue weighted by atomic mass is 35.5. The highest BCUT2D eigenvalue weighted by molar-refractivity contribution is 6.38. The molecule has 1 saturated carbocycles. The number of nitrogens with one attached hydrogen (secondary N) is 1. The van der Waals surface area contributed by atoms with Gasteiger partial charge in [0, 0.05) is 10.6 Å². The number of fused-ring (bicyclic) bond motifs is 1. The molecule has 2 aromatic rings. The molecule has 0 radical (unpaired) electrons. The number of Topliss-reactive ketones (excluding diaryl/α,β-unsaturated/α-hetero) is 1. The Morgan fingerprint density at radius 1 is 1.30 bits per heavy atom. The zero-order valence-corrected chi connectivity index (χ0v) is 15.9. The van der Waals surface area contributed by atoms with Crippen molar-refractivity contribution in [1.82, 2.24) is 0 Å². The van der Waals surface area contributed by atoms with Crippen LogP contribution in [0.25, 0.3) is 0 Å². The fourth-order valence-corrected chi connectivity index (χ4v) is 4.20. The summed E-state index contributed by atoms with van der Waals surface area (Å²) < 4.78 is 14.5. The number of amides is 1. The molecule has 4 nitrogen and oxygen atoms in total. The predicted octanol–water partition coefficient (Wildman–Crippen LogP) is 4.67. The first-order valence-electron chi connectivity index (χ1n) is 8.57. The summed E-state index contributed by atoms with van der Waals surface area (Å²) in [5.74, 6) is -1.33. The van der Waals surface area contributed by atoms with E-state index in [1.165, 1.54) is 24.3 Å². The third kappa shape index (κ3) is 2.94. The number of hydrogen-bond acceptors (Lipinski definition) is 3. The number of carbonyl (C=O) groups is 2. The molecule has 0 bridgehead atoms. The quantitative estimate of drug-likeness (QED) is 0.723. The van der Waals surface area contributed by atoms with E-state index in [1.54, 1.807) is 6.07 Å². The van der Waals surface area contributed by atoms with Crippen LogP contribution in [0.1, 0.15) is 47.2 Å². The van der Waals surface area contributed by atoms with Crippen molar-refractivity contribution in [2.45, 2.75) is 31.3 Å². The van der Waals surface area contributed by atoms with Crippen LogP contribution in [-0.4, -0.2) is 16.8 Å². The lowest BCUT2D eigenvalue weighted by Gasteiger charge is -2.21. The number of hydrogen-bond donors (Lipinski definition) is 2. The van der Waals surface area contributed by atoms with Crippen LogP contribution >= 0.6 is 23.2 Å². The van der Waals surface area contributed by atoms with Gasteiger partial charge in [0.05, 0.1) is 22.7 Å². The van der Waals surface area contributed by atoms with Crippen molar-refractivity contribution in [3.05, 3.63) is 62.9 Å². The van der Waals surface area contributed by atoms with Gasteiger partial charge >= 0.3 is 0 Å². The topological polar surface area (TPSA) is 66.4 Å². The van der Waals surface area contributed by atoms with Crippen molar-refractivity contribution in [2.24, 2.45) is 5.92 Å². The van der Waals surface area contributed by atoms with Crippen LogP contribution < -0.4 is 5.32 Å².